The van der Waals surface area contributed by atoms with Crippen LogP contribution in [0, 0.1) is 5.82 Å². The third kappa shape index (κ3) is 3.99. The number of carbonyl (C=O) groups is 2. The summed E-state index contributed by atoms with van der Waals surface area (Å²) < 4.78 is 15.2. The number of carbonyl (C=O) groups excluding carboxylic acids is 2. The summed E-state index contributed by atoms with van der Waals surface area (Å²) in [5.41, 5.74) is 9.82. The van der Waals surface area contributed by atoms with Crippen LogP contribution in [0.3, 0.4) is 0 Å². The smallest absolute Gasteiger partial charge is 0.251 e. The van der Waals surface area contributed by atoms with Gasteiger partial charge in [0.05, 0.1) is 23.0 Å². The van der Waals surface area contributed by atoms with Crippen LogP contribution in [0.4, 0.5) is 10.2 Å². The van der Waals surface area contributed by atoms with E-state index in [-0.39, 0.29) is 29.2 Å². The van der Waals surface area contributed by atoms with E-state index in [9.17, 15) is 19.1 Å². The fourth-order valence-electron chi connectivity index (χ4n) is 4.78. The zero-order valence-corrected chi connectivity index (χ0v) is 19.4. The number of fused-ring (bicyclic) bond motifs is 2. The van der Waals surface area contributed by atoms with E-state index < -0.39 is 6.10 Å². The highest BCUT2D eigenvalue weighted by molar-refractivity contribution is 6.00. The number of anilines is 1. The Morgan fingerprint density at radius 3 is 2.63 bits per heavy atom. The molecule has 1 aliphatic heterocycles. The molecule has 10 heteroatoms. The molecule has 1 atom stereocenters. The number of amides is 1. The Balaban J connectivity index is 1.59. The number of nitrogens with zero attached hydrogens (tertiary/aromatic N) is 5. The fourth-order valence-corrected chi connectivity index (χ4v) is 4.78. The van der Waals surface area contributed by atoms with Crippen LogP contribution in [0.25, 0.3) is 27.7 Å². The Bertz CT molecular complexity index is 1470. The van der Waals surface area contributed by atoms with Gasteiger partial charge in [-0.3, -0.25) is 14.6 Å². The minimum absolute atomic E-state index is 0.0918. The summed E-state index contributed by atoms with van der Waals surface area (Å²) in [4.78, 5) is 35.7. The molecule has 1 amide bonds. The molecule has 180 valence electrons. The fraction of sp³-hybridized carbons (Fsp3) is 0.320. The molecule has 0 bridgehead atoms. The van der Waals surface area contributed by atoms with Crippen LogP contribution < -0.4 is 5.73 Å². The van der Waals surface area contributed by atoms with Crippen molar-refractivity contribution in [3.8, 4) is 11.1 Å². The van der Waals surface area contributed by atoms with E-state index in [1.54, 1.807) is 23.4 Å². The molecule has 0 spiro atoms. The molecule has 0 aliphatic carbocycles. The summed E-state index contributed by atoms with van der Waals surface area (Å²) in [6, 6.07) is 6.22. The van der Waals surface area contributed by atoms with Gasteiger partial charge in [-0.2, -0.15) is 9.61 Å². The van der Waals surface area contributed by atoms with Gasteiger partial charge in [-0.05, 0) is 51.0 Å². The second kappa shape index (κ2) is 8.70. The van der Waals surface area contributed by atoms with Crippen molar-refractivity contribution in [1.29, 1.82) is 0 Å². The zero-order chi connectivity index (χ0) is 24.9. The monoisotopic (exact) mass is 476 g/mol. The van der Waals surface area contributed by atoms with E-state index in [2.05, 4.69) is 10.1 Å². The molecule has 9 nitrogen and oxygen atoms in total. The molecule has 35 heavy (non-hydrogen) atoms. The third-order valence-electron chi connectivity index (χ3n) is 6.57. The lowest BCUT2D eigenvalue weighted by atomic mass is 9.89. The van der Waals surface area contributed by atoms with Gasteiger partial charge >= 0.3 is 0 Å². The van der Waals surface area contributed by atoms with Crippen molar-refractivity contribution in [2.75, 3.05) is 18.8 Å². The Kier molecular flexibility index (Phi) is 5.68. The SMILES string of the molecule is CC(=O)c1c(C2CCN(C(=O)C(C)O)CC2)nc2c(-c3cnc4ccc(F)cc4c3)cnn2c1N. The van der Waals surface area contributed by atoms with Crippen molar-refractivity contribution in [2.24, 2.45) is 0 Å². The molecule has 0 saturated carbocycles. The van der Waals surface area contributed by atoms with Gasteiger partial charge < -0.3 is 15.7 Å². The van der Waals surface area contributed by atoms with Crippen LogP contribution in [0.2, 0.25) is 0 Å². The van der Waals surface area contributed by atoms with Crippen molar-refractivity contribution in [3.63, 3.8) is 0 Å². The first-order valence-corrected chi connectivity index (χ1v) is 11.4. The van der Waals surface area contributed by atoms with Gasteiger partial charge in [-0.25, -0.2) is 9.37 Å². The third-order valence-corrected chi connectivity index (χ3v) is 6.57. The van der Waals surface area contributed by atoms with Crippen molar-refractivity contribution >= 4 is 34.1 Å². The van der Waals surface area contributed by atoms with Crippen molar-refractivity contribution in [3.05, 3.63) is 53.7 Å². The summed E-state index contributed by atoms with van der Waals surface area (Å²) >= 11 is 0. The maximum absolute atomic E-state index is 13.8. The highest BCUT2D eigenvalue weighted by Crippen LogP contribution is 2.35. The molecule has 1 unspecified atom stereocenters. The van der Waals surface area contributed by atoms with Gasteiger partial charge in [-0.1, -0.05) is 0 Å². The summed E-state index contributed by atoms with van der Waals surface area (Å²) in [6.45, 7) is 3.80. The number of halogens is 1. The number of likely N-dealkylation sites (tertiary alicyclic amines) is 1. The number of Topliss-reactive ketones (excluding diaryl/α,β-unsaturated/α-hetero) is 1. The quantitative estimate of drug-likeness (QED) is 0.434. The van der Waals surface area contributed by atoms with Crippen LogP contribution in [0.5, 0.6) is 0 Å². The van der Waals surface area contributed by atoms with Gasteiger partial charge in [0.1, 0.15) is 17.7 Å². The molecule has 1 fully saturated rings. The van der Waals surface area contributed by atoms with Crippen molar-refractivity contribution in [2.45, 2.75) is 38.7 Å². The molecular weight excluding hydrogens is 451 g/mol. The van der Waals surface area contributed by atoms with Gasteiger partial charge in [0, 0.05) is 41.7 Å². The number of hydrogen-bond donors (Lipinski definition) is 2. The predicted molar refractivity (Wildman–Crippen MR) is 128 cm³/mol. The van der Waals surface area contributed by atoms with Crippen LogP contribution in [0.15, 0.2) is 36.7 Å². The van der Waals surface area contributed by atoms with Gasteiger partial charge in [0.25, 0.3) is 5.91 Å². The molecule has 3 N–H and O–H groups in total. The lowest BCUT2D eigenvalue weighted by Crippen LogP contribution is -2.42. The molecule has 3 aromatic heterocycles. The number of ketones is 1. The lowest BCUT2D eigenvalue weighted by molar-refractivity contribution is -0.140. The van der Waals surface area contributed by atoms with E-state index in [0.29, 0.717) is 64.9 Å². The molecule has 5 rings (SSSR count). The average Bonchev–Trinajstić information content (AvgIpc) is 3.27. The minimum Gasteiger partial charge on any atom is -0.384 e. The summed E-state index contributed by atoms with van der Waals surface area (Å²) in [5.74, 6) is -0.768. The predicted octanol–water partition coefficient (Wildman–Crippen LogP) is 2.96. The number of hydrogen-bond acceptors (Lipinski definition) is 7. The molecule has 4 heterocycles. The molecule has 1 aromatic carbocycles. The highest BCUT2D eigenvalue weighted by Gasteiger charge is 2.31. The molecule has 1 saturated heterocycles. The largest absolute Gasteiger partial charge is 0.384 e. The Hall–Kier alpha value is -3.92. The number of aromatic nitrogens is 4. The second-order valence-electron chi connectivity index (χ2n) is 8.94. The number of nitrogens with two attached hydrogens (primary N) is 1. The van der Waals surface area contributed by atoms with Crippen LogP contribution in [0.1, 0.15) is 48.7 Å². The average molecular weight is 477 g/mol. The van der Waals surface area contributed by atoms with E-state index in [1.807, 2.05) is 6.07 Å². The van der Waals surface area contributed by atoms with E-state index in [1.165, 1.54) is 30.5 Å². The number of aliphatic hydroxyl groups excluding tert-OH is 1. The first-order chi connectivity index (χ1) is 16.7. The Labute approximate surface area is 200 Å². The second-order valence-corrected chi connectivity index (χ2v) is 8.94. The van der Waals surface area contributed by atoms with Gasteiger partial charge in [-0.15, -0.1) is 0 Å². The number of piperidine rings is 1. The van der Waals surface area contributed by atoms with Crippen LogP contribution in [-0.4, -0.2) is 60.5 Å². The maximum Gasteiger partial charge on any atom is 0.251 e. The molecule has 4 aromatic rings. The Morgan fingerprint density at radius 2 is 1.94 bits per heavy atom. The first-order valence-electron chi connectivity index (χ1n) is 11.4. The van der Waals surface area contributed by atoms with Gasteiger partial charge in [0.2, 0.25) is 0 Å². The van der Waals surface area contributed by atoms with Crippen LogP contribution in [-0.2, 0) is 4.79 Å². The van der Waals surface area contributed by atoms with E-state index >= 15 is 0 Å². The number of benzene rings is 1. The Morgan fingerprint density at radius 1 is 1.20 bits per heavy atom. The number of rotatable bonds is 4. The van der Waals surface area contributed by atoms with Crippen molar-refractivity contribution in [1.82, 2.24) is 24.5 Å². The normalized spacial score (nSPS) is 15.6. The summed E-state index contributed by atoms with van der Waals surface area (Å²) in [5, 5.41) is 14.6. The molecule has 0 radical (unpaired) electrons. The zero-order valence-electron chi connectivity index (χ0n) is 19.4. The molecular formula is C25H25FN6O3. The van der Waals surface area contributed by atoms with E-state index in [0.717, 1.165) is 0 Å². The van der Waals surface area contributed by atoms with Gasteiger partial charge in [0.15, 0.2) is 11.4 Å². The number of nitrogen functional groups attached to an aromatic ring is 1. The number of aliphatic hydroxyl groups is 1. The maximum atomic E-state index is 13.8. The van der Waals surface area contributed by atoms with E-state index in [4.69, 9.17) is 10.7 Å². The summed E-state index contributed by atoms with van der Waals surface area (Å²) in [7, 11) is 0. The minimum atomic E-state index is -1.05. The standard InChI is InChI=1S/C25H25FN6O3/c1-13(33)21-22(15-5-7-31(8-6-15)25(35)14(2)34)30-24-19(12-29-32(24)23(21)27)17-9-16-10-18(26)3-4-20(16)28-11-17/h3-4,9-12,14-15,34H,5-8,27H2,1-2H3. The summed E-state index contributed by atoms with van der Waals surface area (Å²) in [6.07, 6.45) is 3.40. The van der Waals surface area contributed by atoms with Crippen molar-refractivity contribution < 1.29 is 19.1 Å². The highest BCUT2D eigenvalue weighted by atomic mass is 19.1. The molecule has 1 aliphatic rings. The first kappa shape index (κ1) is 22.9. The van der Waals surface area contributed by atoms with Crippen LogP contribution >= 0.6 is 0 Å². The lowest BCUT2D eigenvalue weighted by Gasteiger charge is -2.33. The number of pyridine rings is 1. The topological polar surface area (TPSA) is 127 Å².